The van der Waals surface area contributed by atoms with Gasteiger partial charge in [-0.05, 0) is 36.8 Å². The van der Waals surface area contributed by atoms with Crippen molar-refractivity contribution >= 4 is 33.7 Å². The number of carboxylic acid groups (broad SMARTS) is 1. The summed E-state index contributed by atoms with van der Waals surface area (Å²) in [5.41, 5.74) is 0.464. The van der Waals surface area contributed by atoms with Crippen LogP contribution in [0.25, 0.3) is 0 Å². The maximum Gasteiger partial charge on any atom is 0.407 e. The first-order valence-corrected chi connectivity index (χ1v) is 11.7. The van der Waals surface area contributed by atoms with Gasteiger partial charge in [0.15, 0.2) is 0 Å². The van der Waals surface area contributed by atoms with E-state index in [2.05, 4.69) is 11.9 Å². The summed E-state index contributed by atoms with van der Waals surface area (Å²) in [6.07, 6.45) is 0.816. The van der Waals surface area contributed by atoms with E-state index in [-0.39, 0.29) is 55.1 Å². The van der Waals surface area contributed by atoms with Crippen LogP contribution in [0.5, 0.6) is 0 Å². The average Bonchev–Trinajstić information content (AvgIpc) is 3.40. The number of nitrogens with zero attached hydrogens (tertiary/aromatic N) is 4. The zero-order valence-electron chi connectivity index (χ0n) is 17.4. The maximum atomic E-state index is 13.0. The Morgan fingerprint density at radius 3 is 2.12 bits per heavy atom. The molecule has 0 saturated carbocycles. The van der Waals surface area contributed by atoms with Crippen LogP contribution < -0.4 is 5.32 Å². The Hall–Kier alpha value is -3.12. The molecule has 172 valence electrons. The van der Waals surface area contributed by atoms with Gasteiger partial charge < -0.3 is 25.1 Å². The lowest BCUT2D eigenvalue weighted by molar-refractivity contribution is -0.111. The number of benzene rings is 1. The molecule has 3 aliphatic heterocycles. The molecular formula is C20H25N5O6S. The summed E-state index contributed by atoms with van der Waals surface area (Å²) >= 11 is 0. The van der Waals surface area contributed by atoms with E-state index in [0.717, 1.165) is 6.08 Å². The highest BCUT2D eigenvalue weighted by atomic mass is 32.2. The molecule has 2 unspecified atom stereocenters. The first kappa shape index (κ1) is 22.1. The number of likely N-dealkylation sites (tertiary alicyclic amines) is 2. The monoisotopic (exact) mass is 463 g/mol. The van der Waals surface area contributed by atoms with E-state index < -0.39 is 16.1 Å². The predicted octanol–water partition coefficient (Wildman–Crippen LogP) is 0.674. The molecule has 0 radical (unpaired) electrons. The van der Waals surface area contributed by atoms with E-state index in [1.807, 2.05) is 0 Å². The van der Waals surface area contributed by atoms with Crippen molar-refractivity contribution in [3.05, 3.63) is 36.9 Å². The number of hydrogen-bond acceptors (Lipinski definition) is 5. The highest BCUT2D eigenvalue weighted by molar-refractivity contribution is 7.89. The summed E-state index contributed by atoms with van der Waals surface area (Å²) in [5.74, 6) is -0.386. The van der Waals surface area contributed by atoms with Crippen LogP contribution in [0.15, 0.2) is 41.8 Å². The third-order valence-corrected chi connectivity index (χ3v) is 8.10. The predicted molar refractivity (Wildman–Crippen MR) is 115 cm³/mol. The fourth-order valence-electron chi connectivity index (χ4n) is 4.49. The van der Waals surface area contributed by atoms with Gasteiger partial charge in [-0.1, -0.05) is 6.58 Å². The van der Waals surface area contributed by atoms with Crippen LogP contribution in [0.4, 0.5) is 15.3 Å². The highest BCUT2D eigenvalue weighted by Crippen LogP contribution is 2.31. The molecule has 2 atom stereocenters. The Morgan fingerprint density at radius 1 is 1.00 bits per heavy atom. The number of rotatable bonds is 4. The number of amides is 4. The molecule has 1 aromatic carbocycles. The molecule has 32 heavy (non-hydrogen) atoms. The second-order valence-corrected chi connectivity index (χ2v) is 9.96. The lowest BCUT2D eigenvalue weighted by atomic mass is 10.2. The molecule has 0 spiro atoms. The zero-order chi connectivity index (χ0) is 23.0. The number of nitrogens with one attached hydrogen (secondary N) is 1. The van der Waals surface area contributed by atoms with E-state index >= 15 is 0 Å². The van der Waals surface area contributed by atoms with Gasteiger partial charge in [0.25, 0.3) is 0 Å². The third-order valence-electron chi connectivity index (χ3n) is 6.19. The number of carbonyl (C=O) groups excluding carboxylic acids is 2. The molecule has 2 N–H and O–H groups in total. The Bertz CT molecular complexity index is 1040. The van der Waals surface area contributed by atoms with Crippen molar-refractivity contribution in [3.63, 3.8) is 0 Å². The fraction of sp³-hybridized carbons (Fsp3) is 0.450. The van der Waals surface area contributed by atoms with Gasteiger partial charge in [-0.25, -0.2) is 18.0 Å². The second kappa shape index (κ2) is 8.43. The molecule has 11 nitrogen and oxygen atoms in total. The van der Waals surface area contributed by atoms with Crippen molar-refractivity contribution in [1.82, 2.24) is 19.0 Å². The van der Waals surface area contributed by atoms with Gasteiger partial charge in [-0.15, -0.1) is 0 Å². The fourth-order valence-corrected chi connectivity index (χ4v) is 5.91. The molecular weight excluding hydrogens is 438 g/mol. The largest absolute Gasteiger partial charge is 0.465 e. The van der Waals surface area contributed by atoms with Crippen molar-refractivity contribution in [2.24, 2.45) is 0 Å². The Kier molecular flexibility index (Phi) is 5.82. The van der Waals surface area contributed by atoms with E-state index in [1.165, 1.54) is 33.5 Å². The minimum absolute atomic E-state index is 0.111. The van der Waals surface area contributed by atoms with Crippen molar-refractivity contribution in [1.29, 1.82) is 0 Å². The normalized spacial score (nSPS) is 23.3. The summed E-state index contributed by atoms with van der Waals surface area (Å²) in [6.45, 7) is 4.95. The van der Waals surface area contributed by atoms with Gasteiger partial charge in [-0.3, -0.25) is 4.79 Å². The Balaban J connectivity index is 1.34. The van der Waals surface area contributed by atoms with Gasteiger partial charge in [0.05, 0.1) is 17.0 Å². The van der Waals surface area contributed by atoms with E-state index in [9.17, 15) is 27.9 Å². The summed E-state index contributed by atoms with van der Waals surface area (Å²) in [7, 11) is -3.73. The van der Waals surface area contributed by atoms with Crippen molar-refractivity contribution in [2.75, 3.05) is 44.6 Å². The van der Waals surface area contributed by atoms with Crippen LogP contribution in [0.3, 0.4) is 0 Å². The minimum atomic E-state index is -3.73. The average molecular weight is 464 g/mol. The summed E-state index contributed by atoms with van der Waals surface area (Å²) < 4.78 is 27.3. The maximum absolute atomic E-state index is 13.0. The highest BCUT2D eigenvalue weighted by Gasteiger charge is 2.48. The van der Waals surface area contributed by atoms with Crippen LogP contribution in [-0.4, -0.2) is 102 Å². The van der Waals surface area contributed by atoms with Gasteiger partial charge in [-0.2, -0.15) is 4.31 Å². The van der Waals surface area contributed by atoms with E-state index in [4.69, 9.17) is 0 Å². The van der Waals surface area contributed by atoms with Crippen molar-refractivity contribution in [3.8, 4) is 0 Å². The smallest absolute Gasteiger partial charge is 0.407 e. The molecule has 0 aromatic heterocycles. The summed E-state index contributed by atoms with van der Waals surface area (Å²) in [6, 6.07) is 5.43. The van der Waals surface area contributed by atoms with Gasteiger partial charge in [0.2, 0.25) is 15.9 Å². The molecule has 1 aromatic rings. The van der Waals surface area contributed by atoms with Crippen LogP contribution in [0.2, 0.25) is 0 Å². The second-order valence-electron chi connectivity index (χ2n) is 8.02. The number of fused-ring (bicyclic) bond motifs is 2. The van der Waals surface area contributed by atoms with Crippen molar-refractivity contribution in [2.45, 2.75) is 23.4 Å². The molecule has 2 bridgehead atoms. The molecule has 4 rings (SSSR count). The van der Waals surface area contributed by atoms with Crippen LogP contribution >= 0.6 is 0 Å². The summed E-state index contributed by atoms with van der Waals surface area (Å²) in [4.78, 5) is 40.3. The summed E-state index contributed by atoms with van der Waals surface area (Å²) in [5, 5.41) is 11.8. The standard InChI is InChI=1S/C20H25N5O6S/c1-2-18(26)21-14-3-5-17(6-4-14)32(30,31)23-9-7-22(8-10-23)19(27)24-12-16-11-15(24)13-25(16)20(28)29/h2-6,15-16H,1,7-13H2,(H,21,26)(H,28,29). The van der Waals surface area contributed by atoms with Crippen LogP contribution in [-0.2, 0) is 14.8 Å². The van der Waals surface area contributed by atoms with E-state index in [0.29, 0.717) is 25.2 Å². The number of hydrogen-bond donors (Lipinski definition) is 2. The number of piperazine rings is 2. The lowest BCUT2D eigenvalue weighted by Crippen LogP contribution is -2.57. The van der Waals surface area contributed by atoms with Gasteiger partial charge >= 0.3 is 12.1 Å². The Morgan fingerprint density at radius 2 is 1.59 bits per heavy atom. The Labute approximate surface area is 185 Å². The van der Waals surface area contributed by atoms with Crippen LogP contribution in [0.1, 0.15) is 6.42 Å². The van der Waals surface area contributed by atoms with Gasteiger partial charge in [0, 0.05) is 45.0 Å². The first-order chi connectivity index (χ1) is 15.2. The van der Waals surface area contributed by atoms with Crippen molar-refractivity contribution < 1.29 is 27.9 Å². The first-order valence-electron chi connectivity index (χ1n) is 10.3. The molecule has 3 heterocycles. The molecule has 0 aliphatic carbocycles. The van der Waals surface area contributed by atoms with Gasteiger partial charge in [0.1, 0.15) is 0 Å². The molecule has 3 saturated heterocycles. The molecule has 4 amide bonds. The third kappa shape index (κ3) is 4.02. The molecule has 3 aliphatic rings. The quantitative estimate of drug-likeness (QED) is 0.632. The number of urea groups is 1. The topological polar surface area (TPSA) is 131 Å². The number of sulfonamides is 1. The zero-order valence-corrected chi connectivity index (χ0v) is 18.2. The lowest BCUT2D eigenvalue weighted by Gasteiger charge is -2.39. The number of carbonyl (C=O) groups is 3. The molecule has 12 heteroatoms. The number of anilines is 1. The molecule has 3 fully saturated rings. The SMILES string of the molecule is C=CC(=O)Nc1ccc(S(=O)(=O)N2CCN(C(=O)N3CC4CC3CN4C(=O)O)CC2)cc1. The van der Waals surface area contributed by atoms with E-state index in [1.54, 1.807) is 9.80 Å². The van der Waals surface area contributed by atoms with Crippen LogP contribution in [0, 0.1) is 0 Å². The minimum Gasteiger partial charge on any atom is -0.465 e.